The molecular weight excluding hydrogens is 294 g/mol. The molecule has 6 nitrogen and oxygen atoms in total. The molecule has 116 valence electrons. The van der Waals surface area contributed by atoms with Crippen molar-refractivity contribution in [3.05, 3.63) is 29.8 Å². The summed E-state index contributed by atoms with van der Waals surface area (Å²) in [4.78, 5) is 11.6. The third-order valence-corrected chi connectivity index (χ3v) is 5.49. The summed E-state index contributed by atoms with van der Waals surface area (Å²) in [5, 5.41) is 9.21. The number of hydrogen-bond acceptors (Lipinski definition) is 5. The molecular formula is C14H19NO5S. The van der Waals surface area contributed by atoms with Crippen molar-refractivity contribution in [2.24, 2.45) is 5.92 Å². The van der Waals surface area contributed by atoms with Gasteiger partial charge in [0.15, 0.2) is 0 Å². The number of sulfonamides is 1. The second-order valence-corrected chi connectivity index (χ2v) is 7.01. The lowest BCUT2D eigenvalue weighted by molar-refractivity contribution is 0.0600. The van der Waals surface area contributed by atoms with E-state index in [2.05, 4.69) is 4.74 Å². The Morgan fingerprint density at radius 3 is 2.90 bits per heavy atom. The minimum atomic E-state index is -3.65. The van der Waals surface area contributed by atoms with Crippen LogP contribution in [0.2, 0.25) is 0 Å². The summed E-state index contributed by atoms with van der Waals surface area (Å²) in [6.45, 7) is 0.719. The van der Waals surface area contributed by atoms with Crippen LogP contribution in [0.1, 0.15) is 23.2 Å². The third kappa shape index (κ3) is 3.42. The smallest absolute Gasteiger partial charge is 0.337 e. The predicted octanol–water partition coefficient (Wildman–Crippen LogP) is 0.866. The van der Waals surface area contributed by atoms with Gasteiger partial charge in [0.2, 0.25) is 10.0 Å². The molecule has 1 N–H and O–H groups in total. The Hall–Kier alpha value is -1.44. The molecule has 0 aliphatic carbocycles. The number of nitrogens with zero attached hydrogens (tertiary/aromatic N) is 1. The van der Waals surface area contributed by atoms with E-state index in [4.69, 9.17) is 0 Å². The lowest BCUT2D eigenvalue weighted by Gasteiger charge is -2.31. The van der Waals surface area contributed by atoms with Crippen LogP contribution in [0.4, 0.5) is 0 Å². The summed E-state index contributed by atoms with van der Waals surface area (Å²) < 4.78 is 31.2. The number of carbonyl (C=O) groups excluding carboxylic acids is 1. The Morgan fingerprint density at radius 1 is 1.48 bits per heavy atom. The van der Waals surface area contributed by atoms with Gasteiger partial charge in [-0.3, -0.25) is 0 Å². The van der Waals surface area contributed by atoms with Crippen LogP contribution in [0.3, 0.4) is 0 Å². The quantitative estimate of drug-likeness (QED) is 0.834. The van der Waals surface area contributed by atoms with Crippen molar-refractivity contribution in [2.45, 2.75) is 17.7 Å². The number of aliphatic hydroxyl groups is 1. The van der Waals surface area contributed by atoms with Crippen LogP contribution in [0.5, 0.6) is 0 Å². The van der Waals surface area contributed by atoms with E-state index in [1.807, 2.05) is 0 Å². The number of benzene rings is 1. The maximum absolute atomic E-state index is 12.6. The molecule has 2 rings (SSSR count). The zero-order chi connectivity index (χ0) is 15.5. The van der Waals surface area contributed by atoms with Gasteiger partial charge in [0.1, 0.15) is 0 Å². The summed E-state index contributed by atoms with van der Waals surface area (Å²) in [6.07, 6.45) is 1.55. The monoisotopic (exact) mass is 313 g/mol. The van der Waals surface area contributed by atoms with Gasteiger partial charge in [0.25, 0.3) is 0 Å². The van der Waals surface area contributed by atoms with Crippen molar-refractivity contribution in [3.63, 3.8) is 0 Å². The number of rotatable bonds is 4. The SMILES string of the molecule is COC(=O)c1cccc(S(=O)(=O)N2CCCC(CO)C2)c1. The van der Waals surface area contributed by atoms with Gasteiger partial charge >= 0.3 is 5.97 Å². The fourth-order valence-electron chi connectivity index (χ4n) is 2.44. The highest BCUT2D eigenvalue weighted by Gasteiger charge is 2.30. The van der Waals surface area contributed by atoms with Gasteiger partial charge in [-0.15, -0.1) is 0 Å². The maximum atomic E-state index is 12.6. The van der Waals surface area contributed by atoms with E-state index in [-0.39, 0.29) is 23.0 Å². The van der Waals surface area contributed by atoms with E-state index in [0.29, 0.717) is 13.1 Å². The number of carbonyl (C=O) groups is 1. The summed E-state index contributed by atoms with van der Waals surface area (Å²) in [6, 6.07) is 5.82. The van der Waals surface area contributed by atoms with Gasteiger partial charge in [-0.1, -0.05) is 6.07 Å². The highest BCUT2D eigenvalue weighted by atomic mass is 32.2. The summed E-state index contributed by atoms with van der Waals surface area (Å²) >= 11 is 0. The van der Waals surface area contributed by atoms with E-state index in [1.165, 1.54) is 35.7 Å². The Kier molecular flexibility index (Phi) is 4.97. The van der Waals surface area contributed by atoms with Crippen LogP contribution >= 0.6 is 0 Å². The molecule has 1 unspecified atom stereocenters. The maximum Gasteiger partial charge on any atom is 0.337 e. The highest BCUT2D eigenvalue weighted by Crippen LogP contribution is 2.24. The molecule has 1 aliphatic rings. The highest BCUT2D eigenvalue weighted by molar-refractivity contribution is 7.89. The molecule has 21 heavy (non-hydrogen) atoms. The van der Waals surface area contributed by atoms with E-state index >= 15 is 0 Å². The first-order valence-corrected chi connectivity index (χ1v) is 8.22. The molecule has 0 amide bonds. The van der Waals surface area contributed by atoms with Crippen molar-refractivity contribution in [1.29, 1.82) is 0 Å². The first-order chi connectivity index (χ1) is 9.98. The molecule has 7 heteroatoms. The lowest BCUT2D eigenvalue weighted by Crippen LogP contribution is -2.40. The fourth-order valence-corrected chi connectivity index (χ4v) is 4.05. The van der Waals surface area contributed by atoms with Crippen LogP contribution in [0, 0.1) is 5.92 Å². The standard InChI is InChI=1S/C14H19NO5S/c1-20-14(17)12-5-2-6-13(8-12)21(18,19)15-7-3-4-11(9-15)10-16/h2,5-6,8,11,16H,3-4,7,9-10H2,1H3. The molecule has 1 aromatic carbocycles. The van der Waals surface area contributed by atoms with Crippen molar-refractivity contribution >= 4 is 16.0 Å². The Labute approximate surface area is 124 Å². The topological polar surface area (TPSA) is 83.9 Å². The zero-order valence-corrected chi connectivity index (χ0v) is 12.7. The van der Waals surface area contributed by atoms with Crippen molar-refractivity contribution in [1.82, 2.24) is 4.31 Å². The van der Waals surface area contributed by atoms with Crippen LogP contribution in [-0.4, -0.2) is 50.6 Å². The molecule has 0 aromatic heterocycles. The summed E-state index contributed by atoms with van der Waals surface area (Å²) in [5.74, 6) is -0.601. The van der Waals surface area contributed by atoms with E-state index in [9.17, 15) is 18.3 Å². The summed E-state index contributed by atoms with van der Waals surface area (Å²) in [5.41, 5.74) is 0.203. The van der Waals surface area contributed by atoms with Gasteiger partial charge in [-0.2, -0.15) is 4.31 Å². The zero-order valence-electron chi connectivity index (χ0n) is 11.9. The van der Waals surface area contributed by atoms with E-state index in [0.717, 1.165) is 12.8 Å². The average Bonchev–Trinajstić information content (AvgIpc) is 2.54. The second-order valence-electron chi connectivity index (χ2n) is 5.07. The van der Waals surface area contributed by atoms with Crippen molar-refractivity contribution in [3.8, 4) is 0 Å². The molecule has 0 bridgehead atoms. The molecule has 1 fully saturated rings. The van der Waals surface area contributed by atoms with Crippen LogP contribution in [-0.2, 0) is 14.8 Å². The molecule has 1 heterocycles. The van der Waals surface area contributed by atoms with E-state index < -0.39 is 16.0 Å². The first-order valence-electron chi connectivity index (χ1n) is 6.78. The Bertz CT molecular complexity index is 614. The van der Waals surface area contributed by atoms with Gasteiger partial charge < -0.3 is 9.84 Å². The third-order valence-electron chi connectivity index (χ3n) is 3.63. The van der Waals surface area contributed by atoms with Crippen LogP contribution < -0.4 is 0 Å². The number of esters is 1. The molecule has 0 saturated carbocycles. The summed E-state index contributed by atoms with van der Waals surface area (Å²) in [7, 11) is -2.40. The van der Waals surface area contributed by atoms with Crippen LogP contribution in [0.15, 0.2) is 29.2 Å². The molecule has 0 radical (unpaired) electrons. The van der Waals surface area contributed by atoms with Crippen LogP contribution in [0.25, 0.3) is 0 Å². The minimum Gasteiger partial charge on any atom is -0.465 e. The Morgan fingerprint density at radius 2 is 2.24 bits per heavy atom. The van der Waals surface area contributed by atoms with Gasteiger partial charge in [-0.25, -0.2) is 13.2 Å². The fraction of sp³-hybridized carbons (Fsp3) is 0.500. The molecule has 1 aliphatic heterocycles. The van der Waals surface area contributed by atoms with Gasteiger partial charge in [-0.05, 0) is 37.0 Å². The number of methoxy groups -OCH3 is 1. The largest absolute Gasteiger partial charge is 0.465 e. The Balaban J connectivity index is 2.29. The van der Waals surface area contributed by atoms with Gasteiger partial charge in [0, 0.05) is 19.7 Å². The van der Waals surface area contributed by atoms with Crippen molar-refractivity contribution < 1.29 is 23.1 Å². The number of piperidine rings is 1. The second kappa shape index (κ2) is 6.55. The molecule has 1 saturated heterocycles. The van der Waals surface area contributed by atoms with Gasteiger partial charge in [0.05, 0.1) is 17.6 Å². The molecule has 1 aromatic rings. The lowest BCUT2D eigenvalue weighted by atomic mass is 10.0. The average molecular weight is 313 g/mol. The molecule has 0 spiro atoms. The van der Waals surface area contributed by atoms with E-state index in [1.54, 1.807) is 0 Å². The first kappa shape index (κ1) is 15.9. The van der Waals surface area contributed by atoms with Crippen molar-refractivity contribution in [2.75, 3.05) is 26.8 Å². The number of ether oxygens (including phenoxy) is 1. The molecule has 1 atom stereocenters. The minimum absolute atomic E-state index is 0.0196. The predicted molar refractivity (Wildman–Crippen MR) is 76.4 cm³/mol. The normalized spacial score (nSPS) is 20.2. The number of hydrogen-bond donors (Lipinski definition) is 1. The number of aliphatic hydroxyl groups excluding tert-OH is 1.